The van der Waals surface area contributed by atoms with Crippen LogP contribution < -0.4 is 4.74 Å². The van der Waals surface area contributed by atoms with Gasteiger partial charge in [-0.25, -0.2) is 18.0 Å². The molecule has 14 heteroatoms. The molecule has 0 atom stereocenters. The van der Waals surface area contributed by atoms with Gasteiger partial charge in [0.25, 0.3) is 0 Å². The van der Waals surface area contributed by atoms with Gasteiger partial charge in [-0.05, 0) is 22.3 Å². The van der Waals surface area contributed by atoms with E-state index in [2.05, 4.69) is 29.0 Å². The summed E-state index contributed by atoms with van der Waals surface area (Å²) in [7, 11) is 1.65. The number of amides is 1. The highest BCUT2D eigenvalue weighted by molar-refractivity contribution is 5.79. The second kappa shape index (κ2) is 17.7. The van der Waals surface area contributed by atoms with E-state index < -0.39 is 53.3 Å². The van der Waals surface area contributed by atoms with Crippen molar-refractivity contribution in [2.75, 3.05) is 73.1 Å². The van der Waals surface area contributed by atoms with Crippen molar-refractivity contribution in [1.29, 1.82) is 0 Å². The molecular formula is C33H34F5NO8. The van der Waals surface area contributed by atoms with Crippen LogP contribution in [0.3, 0.4) is 0 Å². The lowest BCUT2D eigenvalue weighted by molar-refractivity contribution is -0.136. The van der Waals surface area contributed by atoms with Gasteiger partial charge in [0.2, 0.25) is 34.8 Å². The first kappa shape index (κ1) is 35.7. The lowest BCUT2D eigenvalue weighted by atomic mass is 9.98. The molecule has 0 bridgehead atoms. The predicted octanol–water partition coefficient (Wildman–Crippen LogP) is 5.62. The molecule has 0 spiro atoms. The van der Waals surface area contributed by atoms with Crippen molar-refractivity contribution in [3.8, 4) is 16.9 Å². The summed E-state index contributed by atoms with van der Waals surface area (Å²) in [5, 5.41) is 0. The molecule has 0 fully saturated rings. The summed E-state index contributed by atoms with van der Waals surface area (Å²) in [6.07, 6.45) is -0.929. The number of halogens is 5. The van der Waals surface area contributed by atoms with Gasteiger partial charge in [-0.3, -0.25) is 4.79 Å². The number of benzene rings is 3. The largest absolute Gasteiger partial charge is 0.448 e. The third-order valence-electron chi connectivity index (χ3n) is 7.17. The number of esters is 1. The van der Waals surface area contributed by atoms with E-state index in [1.165, 1.54) is 4.90 Å². The minimum atomic E-state index is -2.35. The standard InChI is InChI=1S/C33H34F5NO8/c1-39(33(41)46-20-25-23-8-4-2-6-21(23)22-7-3-5-9-24(22)25)11-13-43-15-17-45-19-18-44-16-14-42-12-10-26(40)47-32-30(37)28(35)27(34)29(36)31(32)38/h2-9,25H,10-20H2,1H3. The minimum absolute atomic E-state index is 0.0138. The monoisotopic (exact) mass is 667 g/mol. The number of rotatable bonds is 18. The fraction of sp³-hybridized carbons (Fsp3) is 0.394. The van der Waals surface area contributed by atoms with Crippen LogP contribution in [0.4, 0.5) is 26.7 Å². The Morgan fingerprint density at radius 1 is 0.638 bits per heavy atom. The maximum absolute atomic E-state index is 13.6. The van der Waals surface area contributed by atoms with Crippen LogP contribution in [0.1, 0.15) is 23.5 Å². The highest BCUT2D eigenvalue weighted by Gasteiger charge is 2.30. The molecule has 0 N–H and O–H groups in total. The van der Waals surface area contributed by atoms with Crippen molar-refractivity contribution >= 4 is 12.1 Å². The molecule has 1 amide bonds. The number of hydrogen-bond donors (Lipinski definition) is 0. The van der Waals surface area contributed by atoms with Crippen LogP contribution in [0, 0.1) is 29.1 Å². The number of hydrogen-bond acceptors (Lipinski definition) is 8. The molecule has 254 valence electrons. The second-order valence-corrected chi connectivity index (χ2v) is 10.3. The van der Waals surface area contributed by atoms with E-state index in [-0.39, 0.29) is 45.6 Å². The van der Waals surface area contributed by atoms with Crippen LogP contribution in [0.15, 0.2) is 48.5 Å². The van der Waals surface area contributed by atoms with Crippen LogP contribution in [0.5, 0.6) is 5.75 Å². The summed E-state index contributed by atoms with van der Waals surface area (Å²) in [4.78, 5) is 25.7. The molecule has 0 saturated carbocycles. The van der Waals surface area contributed by atoms with E-state index in [1.807, 2.05) is 24.3 Å². The average Bonchev–Trinajstić information content (AvgIpc) is 3.40. The molecule has 1 aliphatic carbocycles. The fourth-order valence-corrected chi connectivity index (χ4v) is 4.75. The van der Waals surface area contributed by atoms with Crippen molar-refractivity contribution in [1.82, 2.24) is 4.90 Å². The van der Waals surface area contributed by atoms with Gasteiger partial charge in [0.1, 0.15) is 6.61 Å². The van der Waals surface area contributed by atoms with E-state index in [0.717, 1.165) is 22.3 Å². The zero-order valence-electron chi connectivity index (χ0n) is 25.6. The van der Waals surface area contributed by atoms with Crippen molar-refractivity contribution in [2.24, 2.45) is 0 Å². The summed E-state index contributed by atoms with van der Waals surface area (Å²) in [6.45, 7) is 1.99. The quantitative estimate of drug-likeness (QED) is 0.0431. The van der Waals surface area contributed by atoms with Gasteiger partial charge in [0.15, 0.2) is 0 Å². The Morgan fingerprint density at radius 2 is 1.09 bits per heavy atom. The van der Waals surface area contributed by atoms with Gasteiger partial charge in [-0.2, -0.15) is 8.78 Å². The summed E-state index contributed by atoms with van der Waals surface area (Å²) in [6, 6.07) is 16.2. The SMILES string of the molecule is CN(CCOCCOCCOCCOCCC(=O)Oc1c(F)c(F)c(F)c(F)c1F)C(=O)OCC1c2ccccc2-c2ccccc21. The molecule has 0 heterocycles. The zero-order valence-corrected chi connectivity index (χ0v) is 25.6. The molecule has 0 saturated heterocycles. The highest BCUT2D eigenvalue weighted by Crippen LogP contribution is 2.44. The summed E-state index contributed by atoms with van der Waals surface area (Å²) >= 11 is 0. The summed E-state index contributed by atoms with van der Waals surface area (Å²) in [5.41, 5.74) is 4.61. The Kier molecular flexibility index (Phi) is 13.5. The van der Waals surface area contributed by atoms with Crippen LogP contribution in [-0.2, 0) is 28.5 Å². The second-order valence-electron chi connectivity index (χ2n) is 10.3. The number of likely N-dealkylation sites (N-methyl/N-ethyl adjacent to an activating group) is 1. The van der Waals surface area contributed by atoms with Gasteiger partial charge in [0.05, 0.1) is 59.3 Å². The number of ether oxygens (including phenoxy) is 6. The van der Waals surface area contributed by atoms with E-state index in [4.69, 9.17) is 23.7 Å². The molecular weight excluding hydrogens is 633 g/mol. The van der Waals surface area contributed by atoms with Crippen LogP contribution in [0.2, 0.25) is 0 Å². The van der Waals surface area contributed by atoms with Gasteiger partial charge >= 0.3 is 12.1 Å². The number of carbonyl (C=O) groups is 2. The predicted molar refractivity (Wildman–Crippen MR) is 157 cm³/mol. The Bertz CT molecular complexity index is 1450. The van der Waals surface area contributed by atoms with Crippen molar-refractivity contribution in [3.05, 3.63) is 88.7 Å². The summed E-state index contributed by atoms with van der Waals surface area (Å²) < 4.78 is 97.8. The van der Waals surface area contributed by atoms with Gasteiger partial charge < -0.3 is 33.3 Å². The topological polar surface area (TPSA) is 92.8 Å². The third kappa shape index (κ3) is 9.47. The molecule has 47 heavy (non-hydrogen) atoms. The molecule has 3 aromatic rings. The van der Waals surface area contributed by atoms with Crippen molar-refractivity contribution < 1.29 is 60.0 Å². The normalized spacial score (nSPS) is 12.1. The van der Waals surface area contributed by atoms with Crippen molar-refractivity contribution in [2.45, 2.75) is 12.3 Å². The molecule has 0 unspecified atom stereocenters. The van der Waals surface area contributed by atoms with Crippen molar-refractivity contribution in [3.63, 3.8) is 0 Å². The molecule has 0 aliphatic heterocycles. The zero-order chi connectivity index (χ0) is 33.8. The number of nitrogens with zero attached hydrogens (tertiary/aromatic N) is 1. The van der Waals surface area contributed by atoms with Crippen LogP contribution in [0.25, 0.3) is 11.1 Å². The smallest absolute Gasteiger partial charge is 0.409 e. The fourth-order valence-electron chi connectivity index (χ4n) is 4.75. The van der Waals surface area contributed by atoms with E-state index in [9.17, 15) is 31.5 Å². The first-order valence-electron chi connectivity index (χ1n) is 14.8. The maximum atomic E-state index is 13.6. The van der Waals surface area contributed by atoms with E-state index in [0.29, 0.717) is 26.4 Å². The molecule has 1 aliphatic rings. The van der Waals surface area contributed by atoms with Gasteiger partial charge in [0, 0.05) is 19.5 Å². The lowest BCUT2D eigenvalue weighted by Crippen LogP contribution is -2.32. The van der Waals surface area contributed by atoms with Gasteiger partial charge in [-0.1, -0.05) is 48.5 Å². The van der Waals surface area contributed by atoms with Gasteiger partial charge in [-0.15, -0.1) is 0 Å². The Labute approximate surface area is 268 Å². The maximum Gasteiger partial charge on any atom is 0.409 e. The first-order valence-corrected chi connectivity index (χ1v) is 14.8. The van der Waals surface area contributed by atoms with E-state index >= 15 is 0 Å². The number of carbonyl (C=O) groups excluding carboxylic acids is 2. The Morgan fingerprint density at radius 3 is 1.62 bits per heavy atom. The Balaban J connectivity index is 0.970. The van der Waals surface area contributed by atoms with E-state index in [1.54, 1.807) is 7.05 Å². The summed E-state index contributed by atoms with van der Waals surface area (Å²) in [5.74, 6) is -14.2. The van der Waals surface area contributed by atoms with Crippen LogP contribution >= 0.6 is 0 Å². The molecule has 0 aromatic heterocycles. The molecule has 0 radical (unpaired) electrons. The molecule has 9 nitrogen and oxygen atoms in total. The molecule has 3 aromatic carbocycles. The first-order chi connectivity index (χ1) is 22.7. The Hall–Kier alpha value is -4.11. The highest BCUT2D eigenvalue weighted by atomic mass is 19.2. The minimum Gasteiger partial charge on any atom is -0.448 e. The molecule has 4 rings (SSSR count). The van der Waals surface area contributed by atoms with Crippen LogP contribution in [-0.4, -0.2) is 90.0 Å². The average molecular weight is 668 g/mol. The third-order valence-corrected chi connectivity index (χ3v) is 7.17. The number of fused-ring (bicyclic) bond motifs is 3. The lowest BCUT2D eigenvalue weighted by Gasteiger charge is -2.19.